The molecule has 0 aliphatic heterocycles. The van der Waals surface area contributed by atoms with Gasteiger partial charge in [-0.3, -0.25) is 9.59 Å². The standard InChI is InChI=1S/C20H36O4/c1-7-19(3,4)13-23-17(21)15-9-11-16(12-10-15)18(22)24-14-20(5,6)8-2/h15-16H,7-14H2,1-6H3. The average Bonchev–Trinajstić information content (AvgIpc) is 2.58. The maximum atomic E-state index is 12.2. The molecule has 1 rings (SSSR count). The van der Waals surface area contributed by atoms with Gasteiger partial charge in [-0.2, -0.15) is 0 Å². The summed E-state index contributed by atoms with van der Waals surface area (Å²) in [5.41, 5.74) is 0.0610. The molecule has 0 saturated heterocycles. The minimum absolute atomic E-state index is 0.0305. The molecular formula is C20H36O4. The molecule has 4 heteroatoms. The van der Waals surface area contributed by atoms with Crippen molar-refractivity contribution < 1.29 is 19.1 Å². The van der Waals surface area contributed by atoms with Crippen molar-refractivity contribution in [1.82, 2.24) is 0 Å². The highest BCUT2D eigenvalue weighted by Gasteiger charge is 2.33. The third-order valence-corrected chi connectivity index (χ3v) is 5.52. The van der Waals surface area contributed by atoms with E-state index < -0.39 is 0 Å². The molecule has 1 fully saturated rings. The Hall–Kier alpha value is -1.06. The van der Waals surface area contributed by atoms with E-state index in [9.17, 15) is 9.59 Å². The Morgan fingerprint density at radius 2 is 1.04 bits per heavy atom. The summed E-state index contributed by atoms with van der Waals surface area (Å²) in [6.07, 6.45) is 4.86. The Balaban J connectivity index is 2.35. The molecule has 0 N–H and O–H groups in total. The molecule has 140 valence electrons. The van der Waals surface area contributed by atoms with Crippen LogP contribution in [0.5, 0.6) is 0 Å². The smallest absolute Gasteiger partial charge is 0.308 e. The summed E-state index contributed by atoms with van der Waals surface area (Å²) in [6, 6.07) is 0. The molecule has 0 amide bonds. The van der Waals surface area contributed by atoms with E-state index >= 15 is 0 Å². The predicted octanol–water partition coefficient (Wildman–Crippen LogP) is 4.75. The molecule has 0 radical (unpaired) electrons. The molecule has 0 unspecified atom stereocenters. The van der Waals surface area contributed by atoms with Crippen LogP contribution in [0.1, 0.15) is 80.1 Å². The lowest BCUT2D eigenvalue weighted by Gasteiger charge is -2.29. The van der Waals surface area contributed by atoms with E-state index in [1.807, 2.05) is 0 Å². The topological polar surface area (TPSA) is 52.6 Å². The van der Waals surface area contributed by atoms with Gasteiger partial charge in [0.2, 0.25) is 0 Å². The van der Waals surface area contributed by atoms with E-state index in [-0.39, 0.29) is 34.6 Å². The summed E-state index contributed by atoms with van der Waals surface area (Å²) in [4.78, 5) is 24.4. The van der Waals surface area contributed by atoms with Gasteiger partial charge < -0.3 is 9.47 Å². The summed E-state index contributed by atoms with van der Waals surface area (Å²) < 4.78 is 11.0. The molecule has 0 heterocycles. The molecule has 24 heavy (non-hydrogen) atoms. The first kappa shape index (κ1) is 21.0. The van der Waals surface area contributed by atoms with Crippen molar-refractivity contribution in [2.45, 2.75) is 80.1 Å². The zero-order chi connectivity index (χ0) is 18.4. The van der Waals surface area contributed by atoms with Crippen molar-refractivity contribution in [2.75, 3.05) is 13.2 Å². The van der Waals surface area contributed by atoms with Crippen LogP contribution in [-0.2, 0) is 19.1 Å². The van der Waals surface area contributed by atoms with Crippen LogP contribution in [0.15, 0.2) is 0 Å². The largest absolute Gasteiger partial charge is 0.465 e. The maximum absolute atomic E-state index is 12.2. The van der Waals surface area contributed by atoms with Crippen molar-refractivity contribution in [1.29, 1.82) is 0 Å². The van der Waals surface area contributed by atoms with Crippen molar-refractivity contribution in [3.8, 4) is 0 Å². The van der Waals surface area contributed by atoms with Gasteiger partial charge in [0, 0.05) is 0 Å². The van der Waals surface area contributed by atoms with Crippen LogP contribution >= 0.6 is 0 Å². The monoisotopic (exact) mass is 340 g/mol. The zero-order valence-electron chi connectivity index (χ0n) is 16.4. The fraction of sp³-hybridized carbons (Fsp3) is 0.900. The Bertz CT molecular complexity index is 377. The third-order valence-electron chi connectivity index (χ3n) is 5.52. The Labute approximate surface area is 147 Å². The fourth-order valence-electron chi connectivity index (χ4n) is 2.54. The molecule has 1 saturated carbocycles. The van der Waals surface area contributed by atoms with Crippen molar-refractivity contribution in [2.24, 2.45) is 22.7 Å². The molecule has 0 aromatic rings. The second-order valence-electron chi connectivity index (χ2n) is 8.80. The third kappa shape index (κ3) is 6.82. The summed E-state index contributed by atoms with van der Waals surface area (Å²) >= 11 is 0. The Morgan fingerprint density at radius 1 is 0.750 bits per heavy atom. The summed E-state index contributed by atoms with van der Waals surface area (Å²) in [6.45, 7) is 13.5. The molecule has 0 spiro atoms. The molecule has 1 aliphatic rings. The van der Waals surface area contributed by atoms with E-state index in [1.54, 1.807) is 0 Å². The second-order valence-corrected chi connectivity index (χ2v) is 8.80. The first-order valence-electron chi connectivity index (χ1n) is 9.43. The van der Waals surface area contributed by atoms with Crippen LogP contribution in [-0.4, -0.2) is 25.2 Å². The van der Waals surface area contributed by atoms with Crippen molar-refractivity contribution >= 4 is 11.9 Å². The summed E-state index contributed by atoms with van der Waals surface area (Å²) in [7, 11) is 0. The van der Waals surface area contributed by atoms with Crippen LogP contribution < -0.4 is 0 Å². The molecule has 0 atom stereocenters. The van der Waals surface area contributed by atoms with Crippen molar-refractivity contribution in [3.05, 3.63) is 0 Å². The van der Waals surface area contributed by atoms with Gasteiger partial charge in [-0.15, -0.1) is 0 Å². The van der Waals surface area contributed by atoms with E-state index in [1.165, 1.54) is 0 Å². The SMILES string of the molecule is CCC(C)(C)COC(=O)C1CCC(C(=O)OCC(C)(C)CC)CC1. The number of hydrogen-bond donors (Lipinski definition) is 0. The Morgan fingerprint density at radius 3 is 1.29 bits per heavy atom. The number of carbonyl (C=O) groups excluding carboxylic acids is 2. The summed E-state index contributed by atoms with van der Waals surface area (Å²) in [5.74, 6) is -0.325. The van der Waals surface area contributed by atoms with Crippen LogP contribution in [0.25, 0.3) is 0 Å². The first-order valence-corrected chi connectivity index (χ1v) is 9.43. The number of ether oxygens (including phenoxy) is 2. The second kappa shape index (κ2) is 8.87. The normalized spacial score (nSPS) is 22.1. The van der Waals surface area contributed by atoms with Crippen LogP contribution in [0.4, 0.5) is 0 Å². The van der Waals surface area contributed by atoms with E-state index in [0.717, 1.165) is 38.5 Å². The number of carbonyl (C=O) groups is 2. The number of esters is 2. The van der Waals surface area contributed by atoms with Crippen LogP contribution in [0, 0.1) is 22.7 Å². The molecule has 1 aliphatic carbocycles. The van der Waals surface area contributed by atoms with Crippen LogP contribution in [0.2, 0.25) is 0 Å². The van der Waals surface area contributed by atoms with Crippen molar-refractivity contribution in [3.63, 3.8) is 0 Å². The van der Waals surface area contributed by atoms with E-state index in [0.29, 0.717) is 13.2 Å². The highest BCUT2D eigenvalue weighted by molar-refractivity contribution is 5.75. The van der Waals surface area contributed by atoms with Gasteiger partial charge in [-0.25, -0.2) is 0 Å². The quantitative estimate of drug-likeness (QED) is 0.598. The van der Waals surface area contributed by atoms with E-state index in [4.69, 9.17) is 9.47 Å². The van der Waals surface area contributed by atoms with Gasteiger partial charge in [0.15, 0.2) is 0 Å². The fourth-order valence-corrected chi connectivity index (χ4v) is 2.54. The van der Waals surface area contributed by atoms with E-state index in [2.05, 4.69) is 41.5 Å². The molecular weight excluding hydrogens is 304 g/mol. The molecule has 4 nitrogen and oxygen atoms in total. The number of rotatable bonds is 8. The molecule has 0 aromatic carbocycles. The lowest BCUT2D eigenvalue weighted by atomic mass is 9.82. The molecule has 0 bridgehead atoms. The zero-order valence-corrected chi connectivity index (χ0v) is 16.4. The maximum Gasteiger partial charge on any atom is 0.308 e. The van der Waals surface area contributed by atoms with Gasteiger partial charge in [0.05, 0.1) is 25.0 Å². The van der Waals surface area contributed by atoms with Gasteiger partial charge >= 0.3 is 11.9 Å². The lowest BCUT2D eigenvalue weighted by molar-refractivity contribution is -0.158. The molecule has 0 aromatic heterocycles. The Kier molecular flexibility index (Phi) is 7.75. The van der Waals surface area contributed by atoms with Gasteiger partial charge in [0.1, 0.15) is 0 Å². The highest BCUT2D eigenvalue weighted by Crippen LogP contribution is 2.32. The highest BCUT2D eigenvalue weighted by atomic mass is 16.5. The van der Waals surface area contributed by atoms with Gasteiger partial charge in [-0.05, 0) is 49.4 Å². The first-order chi connectivity index (χ1) is 11.1. The van der Waals surface area contributed by atoms with Crippen LogP contribution in [0.3, 0.4) is 0 Å². The van der Waals surface area contributed by atoms with Gasteiger partial charge in [0.25, 0.3) is 0 Å². The van der Waals surface area contributed by atoms with Gasteiger partial charge in [-0.1, -0.05) is 41.5 Å². The lowest BCUT2D eigenvalue weighted by Crippen LogP contribution is -2.31. The number of hydrogen-bond acceptors (Lipinski definition) is 4. The predicted molar refractivity (Wildman–Crippen MR) is 95.5 cm³/mol. The minimum atomic E-state index is -0.101. The average molecular weight is 341 g/mol. The minimum Gasteiger partial charge on any atom is -0.465 e. The summed E-state index contributed by atoms with van der Waals surface area (Å²) in [5, 5.41) is 0.